The van der Waals surface area contributed by atoms with Crippen molar-refractivity contribution in [3.05, 3.63) is 152 Å². The van der Waals surface area contributed by atoms with Crippen molar-refractivity contribution in [1.29, 1.82) is 0 Å². The van der Waals surface area contributed by atoms with Crippen molar-refractivity contribution >= 4 is 80.6 Å². The molecule has 7 aromatic carbocycles. The van der Waals surface area contributed by atoms with Gasteiger partial charge in [0.25, 0.3) is 0 Å². The molecule has 0 amide bonds. The molecule has 0 bridgehead atoms. The van der Waals surface area contributed by atoms with Crippen LogP contribution in [0.5, 0.6) is 0 Å². The third-order valence-electron chi connectivity index (χ3n) is 10.5. The highest BCUT2D eigenvalue weighted by molar-refractivity contribution is 7.26. The molecule has 6 heteroatoms. The smallest absolute Gasteiger partial charge is 0.166 e. The van der Waals surface area contributed by atoms with Crippen LogP contribution in [0.15, 0.2) is 152 Å². The van der Waals surface area contributed by atoms with Crippen LogP contribution in [0.2, 0.25) is 0 Å². The lowest BCUT2D eigenvalue weighted by Gasteiger charge is -2.15. The van der Waals surface area contributed by atoms with Crippen LogP contribution >= 0.6 is 11.3 Å². The first-order valence-corrected chi connectivity index (χ1v) is 17.9. The van der Waals surface area contributed by atoms with Gasteiger partial charge in [-0.05, 0) is 48.5 Å². The summed E-state index contributed by atoms with van der Waals surface area (Å²) in [7, 11) is 0. The van der Waals surface area contributed by atoms with E-state index in [0.717, 1.165) is 27.9 Å². The van der Waals surface area contributed by atoms with E-state index in [1.165, 1.54) is 63.8 Å². The zero-order valence-corrected chi connectivity index (χ0v) is 27.9. The molecule has 12 aromatic rings. The molecule has 5 aromatic heterocycles. The molecule has 0 atom stereocenters. The molecule has 0 aliphatic heterocycles. The Morgan fingerprint density at radius 3 is 1.80 bits per heavy atom. The zero-order valence-electron chi connectivity index (χ0n) is 27.1. The second-order valence-corrected chi connectivity index (χ2v) is 14.3. The molecule has 0 aliphatic rings. The third kappa shape index (κ3) is 3.61. The van der Waals surface area contributed by atoms with E-state index in [0.29, 0.717) is 17.5 Å². The van der Waals surface area contributed by atoms with E-state index in [-0.39, 0.29) is 0 Å². The van der Waals surface area contributed by atoms with Crippen molar-refractivity contribution in [2.45, 2.75) is 0 Å². The van der Waals surface area contributed by atoms with Crippen LogP contribution in [-0.4, -0.2) is 23.9 Å². The minimum Gasteiger partial charge on any atom is -0.308 e. The maximum absolute atomic E-state index is 5.15. The van der Waals surface area contributed by atoms with Gasteiger partial charge in [-0.3, -0.25) is 0 Å². The number of hydrogen-bond acceptors (Lipinski definition) is 4. The van der Waals surface area contributed by atoms with Crippen LogP contribution in [0, 0.1) is 0 Å². The summed E-state index contributed by atoms with van der Waals surface area (Å²) < 4.78 is 7.57. The summed E-state index contributed by atoms with van der Waals surface area (Å²) in [5.74, 6) is 1.94. The quantitative estimate of drug-likeness (QED) is 0.188. The summed E-state index contributed by atoms with van der Waals surface area (Å²) >= 11 is 1.89. The summed E-state index contributed by atoms with van der Waals surface area (Å²) in [6.45, 7) is 0. The van der Waals surface area contributed by atoms with Crippen LogP contribution < -0.4 is 0 Å². The van der Waals surface area contributed by atoms with Gasteiger partial charge in [-0.1, -0.05) is 103 Å². The standard InChI is InChI=1S/C45H25N5S/c1-3-12-26(13-4-1)43-46-44(27-14-5-2-6-15-27)48-45(47-43)30-17-8-10-19-32(30)49-33-20-11-21-34-38(33)39-35(49)23-25-36-40(39)41-37(51-36)24-22-29-28-16-7-9-18-31(28)50(34)42(29)41/h1-25H. The third-order valence-corrected chi connectivity index (χ3v) is 11.6. The van der Waals surface area contributed by atoms with Crippen LogP contribution in [0.1, 0.15) is 0 Å². The Labute approximate surface area is 295 Å². The summed E-state index contributed by atoms with van der Waals surface area (Å²) in [6.07, 6.45) is 0. The molecule has 0 spiro atoms. The maximum atomic E-state index is 5.15. The van der Waals surface area contributed by atoms with Gasteiger partial charge in [0.15, 0.2) is 17.5 Å². The molecule has 0 N–H and O–H groups in total. The molecular weight excluding hydrogens is 643 g/mol. The Bertz CT molecular complexity index is 3240. The highest BCUT2D eigenvalue weighted by Crippen LogP contribution is 2.50. The van der Waals surface area contributed by atoms with E-state index >= 15 is 0 Å². The average Bonchev–Trinajstić information content (AvgIpc) is 3.82. The predicted octanol–water partition coefficient (Wildman–Crippen LogP) is 11.8. The van der Waals surface area contributed by atoms with Gasteiger partial charge in [0.1, 0.15) is 0 Å². The first-order chi connectivity index (χ1) is 25.3. The second-order valence-electron chi connectivity index (χ2n) is 13.2. The Kier molecular flexibility index (Phi) is 5.32. The molecule has 5 heterocycles. The zero-order chi connectivity index (χ0) is 33.2. The molecule has 0 unspecified atom stereocenters. The van der Waals surface area contributed by atoms with Gasteiger partial charge in [0, 0.05) is 58.4 Å². The number of nitrogens with zero attached hydrogens (tertiary/aromatic N) is 5. The molecule has 0 radical (unpaired) electrons. The van der Waals surface area contributed by atoms with Gasteiger partial charge < -0.3 is 8.97 Å². The number of aromatic nitrogens is 5. The highest BCUT2D eigenvalue weighted by Gasteiger charge is 2.26. The normalized spacial score (nSPS) is 12.3. The number of rotatable bonds is 4. The largest absolute Gasteiger partial charge is 0.308 e. The second kappa shape index (κ2) is 9.97. The van der Waals surface area contributed by atoms with Gasteiger partial charge in [-0.25, -0.2) is 15.0 Å². The summed E-state index contributed by atoms with van der Waals surface area (Å²) in [6, 6.07) is 53.7. The van der Waals surface area contributed by atoms with E-state index in [4.69, 9.17) is 15.0 Å². The number of benzene rings is 7. The molecule has 12 rings (SSSR count). The summed E-state index contributed by atoms with van der Waals surface area (Å²) in [5.41, 5.74) is 9.94. The van der Waals surface area contributed by atoms with Crippen molar-refractivity contribution in [2.24, 2.45) is 0 Å². The van der Waals surface area contributed by atoms with Crippen molar-refractivity contribution in [3.63, 3.8) is 0 Å². The summed E-state index contributed by atoms with van der Waals surface area (Å²) in [5, 5.41) is 7.82. The van der Waals surface area contributed by atoms with E-state index < -0.39 is 0 Å². The van der Waals surface area contributed by atoms with Gasteiger partial charge in [0.2, 0.25) is 0 Å². The van der Waals surface area contributed by atoms with E-state index in [1.54, 1.807) is 0 Å². The Morgan fingerprint density at radius 1 is 0.392 bits per heavy atom. The van der Waals surface area contributed by atoms with Crippen LogP contribution in [-0.2, 0) is 0 Å². The van der Waals surface area contributed by atoms with Crippen LogP contribution in [0.25, 0.3) is 109 Å². The number of para-hydroxylation sites is 2. The lowest BCUT2D eigenvalue weighted by Crippen LogP contribution is -2.03. The summed E-state index contributed by atoms with van der Waals surface area (Å²) in [4.78, 5) is 15.3. The first kappa shape index (κ1) is 27.2. The van der Waals surface area contributed by atoms with Gasteiger partial charge >= 0.3 is 0 Å². The maximum Gasteiger partial charge on any atom is 0.166 e. The minimum absolute atomic E-state index is 0.638. The highest BCUT2D eigenvalue weighted by atomic mass is 32.1. The molecule has 0 aliphatic carbocycles. The molecule has 0 saturated heterocycles. The van der Waals surface area contributed by atoms with Gasteiger partial charge in [-0.2, -0.15) is 0 Å². The first-order valence-electron chi connectivity index (χ1n) is 17.1. The fourth-order valence-corrected chi connectivity index (χ4v) is 9.53. The molecule has 51 heavy (non-hydrogen) atoms. The SMILES string of the molecule is c1ccc(-c2nc(-c3ccccc3)nc(-c3ccccc3-n3c4ccc5sc6ccc7c8ccccc8n8c9cccc3c9c4c5c6c78)n2)cc1. The number of fused-ring (bicyclic) bond motifs is 4. The molecule has 236 valence electrons. The van der Waals surface area contributed by atoms with Gasteiger partial charge in [0.05, 0.1) is 33.3 Å². The average molecular weight is 668 g/mol. The van der Waals surface area contributed by atoms with Crippen molar-refractivity contribution in [1.82, 2.24) is 23.9 Å². The fraction of sp³-hybridized carbons (Fsp3) is 0. The Hall–Kier alpha value is -6.63. The van der Waals surface area contributed by atoms with E-state index in [9.17, 15) is 0 Å². The van der Waals surface area contributed by atoms with Crippen molar-refractivity contribution in [3.8, 4) is 39.9 Å². The van der Waals surface area contributed by atoms with Gasteiger partial charge in [-0.15, -0.1) is 11.3 Å². The molecule has 5 nitrogen and oxygen atoms in total. The van der Waals surface area contributed by atoms with Crippen molar-refractivity contribution in [2.75, 3.05) is 0 Å². The lowest BCUT2D eigenvalue weighted by atomic mass is 10.0. The number of hydrogen-bond donors (Lipinski definition) is 0. The van der Waals surface area contributed by atoms with Crippen LogP contribution in [0.3, 0.4) is 0 Å². The van der Waals surface area contributed by atoms with Crippen LogP contribution in [0.4, 0.5) is 0 Å². The predicted molar refractivity (Wildman–Crippen MR) is 212 cm³/mol. The molecule has 0 saturated carbocycles. The molecular formula is C45H25N5S. The van der Waals surface area contributed by atoms with E-state index in [2.05, 4.69) is 124 Å². The molecule has 0 fully saturated rings. The lowest BCUT2D eigenvalue weighted by molar-refractivity contribution is 1.06. The number of thiophene rings is 1. The monoisotopic (exact) mass is 667 g/mol. The topological polar surface area (TPSA) is 48.0 Å². The Balaban J connectivity index is 1.22. The Morgan fingerprint density at radius 2 is 1.00 bits per heavy atom. The fourth-order valence-electron chi connectivity index (χ4n) is 8.41. The van der Waals surface area contributed by atoms with Crippen molar-refractivity contribution < 1.29 is 0 Å². The van der Waals surface area contributed by atoms with E-state index in [1.807, 2.05) is 47.7 Å². The minimum atomic E-state index is 0.638.